The maximum Gasteiger partial charge on any atom is 0.176 e. The van der Waals surface area contributed by atoms with Gasteiger partial charge < -0.3 is 10.6 Å². The smallest absolute Gasteiger partial charge is 0.176 e. The first-order chi connectivity index (χ1) is 12.3. The van der Waals surface area contributed by atoms with E-state index in [1.165, 1.54) is 0 Å². The Kier molecular flexibility index (Phi) is 4.14. The molecule has 4 nitrogen and oxygen atoms in total. The van der Waals surface area contributed by atoms with Crippen LogP contribution in [0.15, 0.2) is 85.1 Å². The summed E-state index contributed by atoms with van der Waals surface area (Å²) in [6, 6.07) is 25.9. The van der Waals surface area contributed by atoms with Crippen molar-refractivity contribution in [2.45, 2.75) is 0 Å². The molecule has 0 saturated carbocycles. The Morgan fingerprint density at radius 3 is 2.24 bits per heavy atom. The summed E-state index contributed by atoms with van der Waals surface area (Å²) in [6.07, 6.45) is 1.97. The first-order valence-corrected chi connectivity index (χ1v) is 8.38. The Hall–Kier alpha value is -3.18. The lowest BCUT2D eigenvalue weighted by molar-refractivity contribution is 1.19. The summed E-state index contributed by atoms with van der Waals surface area (Å²) < 4.78 is 2.00. The number of nitrogens with one attached hydrogen (secondary N) is 2. The highest BCUT2D eigenvalue weighted by Crippen LogP contribution is 2.28. The van der Waals surface area contributed by atoms with Gasteiger partial charge in [0.15, 0.2) is 5.11 Å². The Morgan fingerprint density at radius 1 is 0.800 bits per heavy atom. The molecular formula is C20H16N4S. The van der Waals surface area contributed by atoms with Crippen LogP contribution in [0.25, 0.3) is 16.9 Å². The molecule has 0 aliphatic carbocycles. The normalized spacial score (nSPS) is 10.6. The molecule has 0 aliphatic heterocycles. The maximum absolute atomic E-state index is 5.49. The van der Waals surface area contributed by atoms with Crippen LogP contribution in [0.2, 0.25) is 0 Å². The first-order valence-electron chi connectivity index (χ1n) is 7.97. The second-order valence-electron chi connectivity index (χ2n) is 5.55. The lowest BCUT2D eigenvalue weighted by atomic mass is 10.1. The van der Waals surface area contributed by atoms with Crippen LogP contribution in [0.5, 0.6) is 0 Å². The molecule has 0 unspecified atom stereocenters. The Balaban J connectivity index is 1.71. The standard InChI is InChI=1S/C20H16N4S/c25-20(21-16-11-5-2-6-12-16)23-19-18(15-9-3-1-4-10-15)22-17-13-7-8-14-24(17)19/h1-14H,(H2,21,23,25). The zero-order valence-electron chi connectivity index (χ0n) is 13.4. The predicted octanol–water partition coefficient (Wildman–Crippen LogP) is 4.81. The fraction of sp³-hybridized carbons (Fsp3) is 0. The number of para-hydroxylation sites is 1. The number of hydrogen-bond donors (Lipinski definition) is 2. The summed E-state index contributed by atoms with van der Waals surface area (Å²) in [5.74, 6) is 0.843. The summed E-state index contributed by atoms with van der Waals surface area (Å²) in [6.45, 7) is 0. The SMILES string of the molecule is S=C(Nc1ccccc1)Nc1c(-c2ccccc2)nc2ccccn12. The molecule has 2 aromatic heterocycles. The quantitative estimate of drug-likeness (QED) is 0.523. The van der Waals surface area contributed by atoms with Crippen LogP contribution >= 0.6 is 12.2 Å². The van der Waals surface area contributed by atoms with Crippen LogP contribution < -0.4 is 10.6 Å². The van der Waals surface area contributed by atoms with Crippen molar-refractivity contribution in [1.82, 2.24) is 9.38 Å². The molecule has 4 rings (SSSR count). The van der Waals surface area contributed by atoms with E-state index >= 15 is 0 Å². The van der Waals surface area contributed by atoms with Crippen molar-refractivity contribution >= 4 is 34.5 Å². The molecule has 0 atom stereocenters. The minimum atomic E-state index is 0.522. The van der Waals surface area contributed by atoms with Gasteiger partial charge in [-0.2, -0.15) is 0 Å². The van der Waals surface area contributed by atoms with Crippen molar-refractivity contribution in [2.24, 2.45) is 0 Å². The molecule has 2 N–H and O–H groups in total. The molecule has 0 radical (unpaired) electrons. The highest BCUT2D eigenvalue weighted by atomic mass is 32.1. The highest BCUT2D eigenvalue weighted by Gasteiger charge is 2.14. The highest BCUT2D eigenvalue weighted by molar-refractivity contribution is 7.80. The monoisotopic (exact) mass is 344 g/mol. The lowest BCUT2D eigenvalue weighted by Crippen LogP contribution is -2.20. The summed E-state index contributed by atoms with van der Waals surface area (Å²) in [5.41, 5.74) is 3.71. The molecule has 0 saturated heterocycles. The third kappa shape index (κ3) is 3.22. The van der Waals surface area contributed by atoms with Crippen LogP contribution in [-0.4, -0.2) is 14.5 Å². The van der Waals surface area contributed by atoms with Gasteiger partial charge in [0.05, 0.1) is 0 Å². The van der Waals surface area contributed by atoms with Crippen LogP contribution in [0, 0.1) is 0 Å². The maximum atomic E-state index is 5.49. The second-order valence-corrected chi connectivity index (χ2v) is 5.96. The van der Waals surface area contributed by atoms with Gasteiger partial charge in [-0.3, -0.25) is 4.40 Å². The van der Waals surface area contributed by atoms with E-state index in [-0.39, 0.29) is 0 Å². The summed E-state index contributed by atoms with van der Waals surface area (Å²) in [7, 11) is 0. The average Bonchev–Trinajstić information content (AvgIpc) is 3.02. The van der Waals surface area contributed by atoms with E-state index in [1.54, 1.807) is 0 Å². The number of nitrogens with zero attached hydrogens (tertiary/aromatic N) is 2. The fourth-order valence-corrected chi connectivity index (χ4v) is 2.92. The number of fused-ring (bicyclic) bond motifs is 1. The fourth-order valence-electron chi connectivity index (χ4n) is 2.70. The van der Waals surface area contributed by atoms with Crippen molar-refractivity contribution in [3.63, 3.8) is 0 Å². The molecule has 25 heavy (non-hydrogen) atoms. The van der Waals surface area contributed by atoms with Crippen LogP contribution in [-0.2, 0) is 0 Å². The van der Waals surface area contributed by atoms with Crippen LogP contribution in [0.1, 0.15) is 0 Å². The molecule has 0 spiro atoms. The van der Waals surface area contributed by atoms with E-state index in [0.717, 1.165) is 28.4 Å². The minimum Gasteiger partial charge on any atom is -0.332 e. The van der Waals surface area contributed by atoms with Gasteiger partial charge in [-0.05, 0) is 36.5 Å². The van der Waals surface area contributed by atoms with Crippen LogP contribution in [0.4, 0.5) is 11.5 Å². The molecule has 4 aromatic rings. The number of hydrogen-bond acceptors (Lipinski definition) is 2. The first kappa shape index (κ1) is 15.4. The Morgan fingerprint density at radius 2 is 1.48 bits per heavy atom. The molecule has 5 heteroatoms. The topological polar surface area (TPSA) is 41.4 Å². The number of aromatic nitrogens is 2. The Labute approximate surface area is 151 Å². The predicted molar refractivity (Wildman–Crippen MR) is 107 cm³/mol. The molecule has 2 heterocycles. The van der Waals surface area contributed by atoms with E-state index in [1.807, 2.05) is 89.5 Å². The largest absolute Gasteiger partial charge is 0.332 e. The van der Waals surface area contributed by atoms with E-state index in [2.05, 4.69) is 10.6 Å². The molecule has 2 aromatic carbocycles. The third-order valence-corrected chi connectivity index (χ3v) is 4.04. The molecule has 122 valence electrons. The van der Waals surface area contributed by atoms with Gasteiger partial charge in [0, 0.05) is 17.4 Å². The molecule has 0 bridgehead atoms. The summed E-state index contributed by atoms with van der Waals surface area (Å²) in [5, 5.41) is 7.03. The summed E-state index contributed by atoms with van der Waals surface area (Å²) >= 11 is 5.49. The van der Waals surface area contributed by atoms with E-state index in [0.29, 0.717) is 5.11 Å². The minimum absolute atomic E-state index is 0.522. The second kappa shape index (κ2) is 6.75. The number of rotatable bonds is 3. The van der Waals surface area contributed by atoms with Gasteiger partial charge in [-0.15, -0.1) is 0 Å². The summed E-state index contributed by atoms with van der Waals surface area (Å²) in [4.78, 5) is 4.76. The number of imidazole rings is 1. The Bertz CT molecular complexity index is 1010. The zero-order chi connectivity index (χ0) is 17.1. The molecule has 0 fully saturated rings. The third-order valence-electron chi connectivity index (χ3n) is 3.84. The van der Waals surface area contributed by atoms with Crippen molar-refractivity contribution in [3.05, 3.63) is 85.1 Å². The van der Waals surface area contributed by atoms with E-state index in [4.69, 9.17) is 17.2 Å². The van der Waals surface area contributed by atoms with Gasteiger partial charge in [-0.1, -0.05) is 54.6 Å². The van der Waals surface area contributed by atoms with Gasteiger partial charge in [-0.25, -0.2) is 4.98 Å². The zero-order valence-corrected chi connectivity index (χ0v) is 14.2. The van der Waals surface area contributed by atoms with Crippen molar-refractivity contribution in [3.8, 4) is 11.3 Å². The number of pyridine rings is 1. The lowest BCUT2D eigenvalue weighted by Gasteiger charge is -2.12. The number of benzene rings is 2. The number of thiocarbonyl (C=S) groups is 1. The number of anilines is 2. The van der Waals surface area contributed by atoms with Gasteiger partial charge in [0.25, 0.3) is 0 Å². The van der Waals surface area contributed by atoms with Crippen molar-refractivity contribution in [1.29, 1.82) is 0 Å². The van der Waals surface area contributed by atoms with E-state index in [9.17, 15) is 0 Å². The van der Waals surface area contributed by atoms with Crippen LogP contribution in [0.3, 0.4) is 0 Å². The van der Waals surface area contributed by atoms with Gasteiger partial charge >= 0.3 is 0 Å². The molecule has 0 aliphatic rings. The van der Waals surface area contributed by atoms with E-state index < -0.39 is 0 Å². The average molecular weight is 344 g/mol. The molecular weight excluding hydrogens is 328 g/mol. The van der Waals surface area contributed by atoms with Gasteiger partial charge in [0.2, 0.25) is 0 Å². The molecule has 0 amide bonds. The van der Waals surface area contributed by atoms with Crippen molar-refractivity contribution in [2.75, 3.05) is 10.6 Å². The van der Waals surface area contributed by atoms with Crippen molar-refractivity contribution < 1.29 is 0 Å². The van der Waals surface area contributed by atoms with Gasteiger partial charge in [0.1, 0.15) is 17.2 Å².